The van der Waals surface area contributed by atoms with Gasteiger partial charge >= 0.3 is 0 Å². The van der Waals surface area contributed by atoms with Crippen LogP contribution in [0.2, 0.25) is 0 Å². The van der Waals surface area contributed by atoms with E-state index < -0.39 is 16.0 Å². The standard InChI is InChI=1S/C19H28FN3O3S/c1-15(24)16-8-9-19(18(20)14-16)22-10-12-23(13-11-22)27(25,26)21(2)17-6-4-3-5-7-17/h8-9,14,17H,3-7,10-13H2,1-2H3. The fourth-order valence-electron chi connectivity index (χ4n) is 3.96. The quantitative estimate of drug-likeness (QED) is 0.717. The van der Waals surface area contributed by atoms with Gasteiger partial charge in [0.15, 0.2) is 5.78 Å². The second-order valence-corrected chi connectivity index (χ2v) is 9.41. The molecule has 2 fully saturated rings. The molecule has 0 unspecified atom stereocenters. The molecular weight excluding hydrogens is 369 g/mol. The fourth-order valence-corrected chi connectivity index (χ4v) is 5.53. The number of nitrogens with zero attached hydrogens (tertiary/aromatic N) is 3. The van der Waals surface area contributed by atoms with E-state index in [1.54, 1.807) is 19.2 Å². The highest BCUT2D eigenvalue weighted by atomic mass is 32.2. The SMILES string of the molecule is CC(=O)c1ccc(N2CCN(S(=O)(=O)N(C)C3CCCCC3)CC2)c(F)c1. The van der Waals surface area contributed by atoms with Crippen molar-refractivity contribution < 1.29 is 17.6 Å². The Hall–Kier alpha value is -1.51. The number of ketones is 1. The van der Waals surface area contributed by atoms with Crippen LogP contribution in [0.3, 0.4) is 0 Å². The molecule has 1 heterocycles. The maximum absolute atomic E-state index is 14.4. The van der Waals surface area contributed by atoms with Gasteiger partial charge in [-0.3, -0.25) is 4.79 Å². The third-order valence-electron chi connectivity index (χ3n) is 5.71. The molecule has 6 nitrogen and oxygen atoms in total. The van der Waals surface area contributed by atoms with Crippen LogP contribution in [-0.4, -0.2) is 62.1 Å². The van der Waals surface area contributed by atoms with E-state index in [0.29, 0.717) is 37.4 Å². The molecule has 150 valence electrons. The number of piperazine rings is 1. The van der Waals surface area contributed by atoms with E-state index in [1.165, 1.54) is 28.0 Å². The molecule has 0 spiro atoms. The van der Waals surface area contributed by atoms with Gasteiger partial charge in [0.25, 0.3) is 10.2 Å². The number of anilines is 1. The Morgan fingerprint density at radius 3 is 2.30 bits per heavy atom. The first-order valence-corrected chi connectivity index (χ1v) is 11.0. The molecule has 1 saturated carbocycles. The molecule has 2 aliphatic rings. The maximum atomic E-state index is 14.4. The monoisotopic (exact) mass is 397 g/mol. The zero-order chi connectivity index (χ0) is 19.6. The van der Waals surface area contributed by atoms with Gasteiger partial charge in [-0.05, 0) is 38.0 Å². The van der Waals surface area contributed by atoms with Crippen molar-refractivity contribution in [2.45, 2.75) is 45.1 Å². The molecule has 0 N–H and O–H groups in total. The Labute approximate surface area is 161 Å². The molecule has 1 saturated heterocycles. The Morgan fingerprint density at radius 2 is 1.74 bits per heavy atom. The number of carbonyl (C=O) groups is 1. The summed E-state index contributed by atoms with van der Waals surface area (Å²) in [6.07, 6.45) is 5.17. The van der Waals surface area contributed by atoms with Gasteiger partial charge in [-0.15, -0.1) is 0 Å². The first kappa shape index (κ1) is 20.2. The lowest BCUT2D eigenvalue weighted by Crippen LogP contribution is -2.54. The van der Waals surface area contributed by atoms with Gasteiger partial charge in [-0.1, -0.05) is 19.3 Å². The molecule has 0 atom stereocenters. The summed E-state index contributed by atoms with van der Waals surface area (Å²) in [5.41, 5.74) is 0.754. The summed E-state index contributed by atoms with van der Waals surface area (Å²) in [7, 11) is -1.82. The molecule has 0 radical (unpaired) electrons. The summed E-state index contributed by atoms with van der Waals surface area (Å²) in [4.78, 5) is 13.2. The van der Waals surface area contributed by atoms with Crippen LogP contribution in [-0.2, 0) is 10.2 Å². The minimum Gasteiger partial charge on any atom is -0.367 e. The minimum absolute atomic E-state index is 0.0818. The highest BCUT2D eigenvalue weighted by molar-refractivity contribution is 7.86. The zero-order valence-corrected chi connectivity index (χ0v) is 16.8. The van der Waals surface area contributed by atoms with E-state index >= 15 is 0 Å². The summed E-state index contributed by atoms with van der Waals surface area (Å²) in [5.74, 6) is -0.625. The molecule has 1 aromatic carbocycles. The van der Waals surface area contributed by atoms with Crippen molar-refractivity contribution in [1.29, 1.82) is 0 Å². The summed E-state index contributed by atoms with van der Waals surface area (Å²) in [6.45, 7) is 2.91. The van der Waals surface area contributed by atoms with E-state index in [0.717, 1.165) is 25.7 Å². The Kier molecular flexibility index (Phi) is 6.18. The number of hydrogen-bond donors (Lipinski definition) is 0. The fraction of sp³-hybridized carbons (Fsp3) is 0.632. The minimum atomic E-state index is -3.49. The van der Waals surface area contributed by atoms with E-state index in [4.69, 9.17) is 0 Å². The summed E-state index contributed by atoms with van der Waals surface area (Å²) in [5, 5.41) is 0. The molecule has 27 heavy (non-hydrogen) atoms. The third kappa shape index (κ3) is 4.33. The smallest absolute Gasteiger partial charge is 0.282 e. The second kappa shape index (κ2) is 8.24. The zero-order valence-electron chi connectivity index (χ0n) is 16.0. The van der Waals surface area contributed by atoms with Gasteiger partial charge in [-0.25, -0.2) is 4.39 Å². The maximum Gasteiger partial charge on any atom is 0.282 e. The van der Waals surface area contributed by atoms with Gasteiger partial charge in [0.05, 0.1) is 5.69 Å². The molecule has 1 aliphatic heterocycles. The highest BCUT2D eigenvalue weighted by Gasteiger charge is 2.34. The summed E-state index contributed by atoms with van der Waals surface area (Å²) < 4.78 is 43.3. The van der Waals surface area contributed by atoms with Crippen LogP contribution in [0.4, 0.5) is 10.1 Å². The van der Waals surface area contributed by atoms with Crippen LogP contribution in [0.15, 0.2) is 18.2 Å². The third-order valence-corrected chi connectivity index (χ3v) is 7.76. The topological polar surface area (TPSA) is 60.9 Å². The summed E-state index contributed by atoms with van der Waals surface area (Å²) in [6, 6.07) is 4.54. The number of Topliss-reactive ketones (excluding diaryl/α,β-unsaturated/α-hetero) is 1. The van der Waals surface area contributed by atoms with Crippen molar-refractivity contribution >= 4 is 21.7 Å². The van der Waals surface area contributed by atoms with Gasteiger partial charge in [0, 0.05) is 44.8 Å². The van der Waals surface area contributed by atoms with Crippen LogP contribution < -0.4 is 4.90 Å². The van der Waals surface area contributed by atoms with Crippen LogP contribution in [0.25, 0.3) is 0 Å². The van der Waals surface area contributed by atoms with E-state index in [-0.39, 0.29) is 11.8 Å². The average Bonchev–Trinajstić information content (AvgIpc) is 2.68. The van der Waals surface area contributed by atoms with E-state index in [2.05, 4.69) is 0 Å². The van der Waals surface area contributed by atoms with Gasteiger partial charge < -0.3 is 4.90 Å². The van der Waals surface area contributed by atoms with Crippen LogP contribution in [0.5, 0.6) is 0 Å². The number of carbonyl (C=O) groups excluding carboxylic acids is 1. The first-order chi connectivity index (χ1) is 12.8. The largest absolute Gasteiger partial charge is 0.367 e. The first-order valence-electron chi connectivity index (χ1n) is 9.59. The van der Waals surface area contributed by atoms with Crippen LogP contribution in [0, 0.1) is 5.82 Å². The van der Waals surface area contributed by atoms with Gasteiger partial charge in [-0.2, -0.15) is 17.0 Å². The summed E-state index contributed by atoms with van der Waals surface area (Å²) >= 11 is 0. The van der Waals surface area contributed by atoms with E-state index in [1.807, 2.05) is 4.90 Å². The Bertz CT molecular complexity index is 785. The van der Waals surface area contributed by atoms with Crippen molar-refractivity contribution in [1.82, 2.24) is 8.61 Å². The number of rotatable bonds is 5. The van der Waals surface area contributed by atoms with Crippen molar-refractivity contribution in [3.8, 4) is 0 Å². The predicted molar refractivity (Wildman–Crippen MR) is 104 cm³/mol. The molecule has 0 bridgehead atoms. The number of benzene rings is 1. The normalized spacial score (nSPS) is 20.2. The van der Waals surface area contributed by atoms with E-state index in [9.17, 15) is 17.6 Å². The predicted octanol–water partition coefficient (Wildman–Crippen LogP) is 2.66. The molecule has 1 aliphatic carbocycles. The molecule has 0 amide bonds. The van der Waals surface area contributed by atoms with Crippen molar-refractivity contribution in [2.24, 2.45) is 0 Å². The highest BCUT2D eigenvalue weighted by Crippen LogP contribution is 2.27. The Morgan fingerprint density at radius 1 is 1.11 bits per heavy atom. The number of halogens is 1. The Balaban J connectivity index is 1.65. The molecule has 0 aromatic heterocycles. The molecule has 8 heteroatoms. The number of hydrogen-bond acceptors (Lipinski definition) is 4. The van der Waals surface area contributed by atoms with Crippen LogP contribution in [0.1, 0.15) is 49.4 Å². The average molecular weight is 398 g/mol. The van der Waals surface area contributed by atoms with Crippen molar-refractivity contribution in [2.75, 3.05) is 38.1 Å². The van der Waals surface area contributed by atoms with Crippen molar-refractivity contribution in [3.63, 3.8) is 0 Å². The molecule has 1 aromatic rings. The van der Waals surface area contributed by atoms with Crippen LogP contribution >= 0.6 is 0 Å². The van der Waals surface area contributed by atoms with Gasteiger partial charge in [0.1, 0.15) is 5.82 Å². The van der Waals surface area contributed by atoms with Crippen molar-refractivity contribution in [3.05, 3.63) is 29.6 Å². The lowest BCUT2D eigenvalue weighted by atomic mass is 9.96. The van der Waals surface area contributed by atoms with Gasteiger partial charge in [0.2, 0.25) is 0 Å². The lowest BCUT2D eigenvalue weighted by Gasteiger charge is -2.39. The lowest BCUT2D eigenvalue weighted by molar-refractivity contribution is 0.101. The molecular formula is C19H28FN3O3S. The molecule has 3 rings (SSSR count). The second-order valence-electron chi connectivity index (χ2n) is 7.42.